The molecule has 0 aromatic carbocycles. The van der Waals surface area contributed by atoms with Crippen LogP contribution < -0.4 is 10.1 Å². The molecule has 0 saturated heterocycles. The molecule has 0 bridgehead atoms. The summed E-state index contributed by atoms with van der Waals surface area (Å²) in [7, 11) is 1.57. The van der Waals surface area contributed by atoms with E-state index in [0.29, 0.717) is 17.9 Å². The molecule has 1 aromatic rings. The molecular formula is C13H23N3O2. The minimum Gasteiger partial charge on any atom is -0.493 e. The Morgan fingerprint density at radius 1 is 1.56 bits per heavy atom. The lowest BCUT2D eigenvalue weighted by molar-refractivity contribution is 0.0958. The average Bonchev–Trinajstić information content (AvgIpc) is 2.72. The van der Waals surface area contributed by atoms with Crippen molar-refractivity contribution in [2.24, 2.45) is 0 Å². The molecule has 1 rings (SSSR count). The van der Waals surface area contributed by atoms with E-state index >= 15 is 0 Å². The van der Waals surface area contributed by atoms with Gasteiger partial charge in [-0.25, -0.2) is 0 Å². The molecule has 1 N–H and O–H groups in total. The van der Waals surface area contributed by atoms with E-state index in [1.165, 1.54) is 0 Å². The summed E-state index contributed by atoms with van der Waals surface area (Å²) in [4.78, 5) is 12.3. The van der Waals surface area contributed by atoms with E-state index in [0.717, 1.165) is 19.5 Å². The minimum absolute atomic E-state index is 0.0752. The van der Waals surface area contributed by atoms with Crippen LogP contribution in [0.1, 0.15) is 44.1 Å². The van der Waals surface area contributed by atoms with E-state index in [2.05, 4.69) is 17.3 Å². The Morgan fingerprint density at radius 3 is 2.83 bits per heavy atom. The first kappa shape index (κ1) is 14.7. The van der Waals surface area contributed by atoms with Gasteiger partial charge < -0.3 is 10.1 Å². The number of rotatable bonds is 8. The molecule has 0 aliphatic rings. The van der Waals surface area contributed by atoms with Crippen molar-refractivity contribution in [2.45, 2.75) is 46.2 Å². The molecule has 5 nitrogen and oxygen atoms in total. The molecule has 0 saturated carbocycles. The van der Waals surface area contributed by atoms with Crippen molar-refractivity contribution in [2.75, 3.05) is 13.7 Å². The minimum atomic E-state index is 0.0752. The van der Waals surface area contributed by atoms with Crippen LogP contribution >= 0.6 is 0 Å². The number of nitrogens with one attached hydrogen (secondary N) is 1. The number of aryl methyl sites for hydroxylation is 1. The van der Waals surface area contributed by atoms with Gasteiger partial charge in [-0.05, 0) is 19.9 Å². The van der Waals surface area contributed by atoms with Gasteiger partial charge in [0, 0.05) is 19.0 Å². The van der Waals surface area contributed by atoms with Crippen LogP contribution in [0, 0.1) is 0 Å². The Balaban J connectivity index is 2.85. The fourth-order valence-corrected chi connectivity index (χ4v) is 1.98. The predicted octanol–water partition coefficient (Wildman–Crippen LogP) is 1.87. The zero-order chi connectivity index (χ0) is 13.5. The zero-order valence-corrected chi connectivity index (χ0v) is 11.7. The second-order valence-electron chi connectivity index (χ2n) is 4.37. The van der Waals surface area contributed by atoms with E-state index in [1.807, 2.05) is 13.8 Å². The van der Waals surface area contributed by atoms with Crippen LogP contribution in [-0.2, 0) is 6.54 Å². The smallest absolute Gasteiger partial charge is 0.186 e. The standard InChI is InChI=1S/C13H23N3O2/c1-5-7-16-13(12(18-4)9-15-16)11(17)8-10(3)14-6-2/h9-10,14H,5-8H2,1-4H3. The molecule has 18 heavy (non-hydrogen) atoms. The molecule has 102 valence electrons. The SMILES string of the molecule is CCCn1ncc(OC)c1C(=O)CC(C)NCC. The van der Waals surface area contributed by atoms with Crippen LogP contribution in [0.4, 0.5) is 0 Å². The third-order valence-corrected chi connectivity index (χ3v) is 2.77. The van der Waals surface area contributed by atoms with Gasteiger partial charge in [0.25, 0.3) is 0 Å². The molecule has 0 aliphatic carbocycles. The molecule has 0 spiro atoms. The predicted molar refractivity (Wildman–Crippen MR) is 71.2 cm³/mol. The second kappa shape index (κ2) is 7.16. The highest BCUT2D eigenvalue weighted by Crippen LogP contribution is 2.20. The average molecular weight is 253 g/mol. The van der Waals surface area contributed by atoms with Crippen molar-refractivity contribution in [3.63, 3.8) is 0 Å². The molecule has 1 heterocycles. The van der Waals surface area contributed by atoms with E-state index < -0.39 is 0 Å². The highest BCUT2D eigenvalue weighted by Gasteiger charge is 2.20. The Morgan fingerprint density at radius 2 is 2.28 bits per heavy atom. The first-order chi connectivity index (χ1) is 8.63. The molecule has 1 unspecified atom stereocenters. The van der Waals surface area contributed by atoms with Gasteiger partial charge >= 0.3 is 0 Å². The summed E-state index contributed by atoms with van der Waals surface area (Å²) in [6.45, 7) is 7.70. The van der Waals surface area contributed by atoms with Crippen molar-refractivity contribution in [1.82, 2.24) is 15.1 Å². The first-order valence-corrected chi connectivity index (χ1v) is 6.50. The second-order valence-corrected chi connectivity index (χ2v) is 4.37. The van der Waals surface area contributed by atoms with Gasteiger partial charge in [-0.15, -0.1) is 0 Å². The topological polar surface area (TPSA) is 56.2 Å². The van der Waals surface area contributed by atoms with E-state index in [1.54, 1.807) is 18.0 Å². The maximum atomic E-state index is 12.3. The molecule has 5 heteroatoms. The highest BCUT2D eigenvalue weighted by atomic mass is 16.5. The maximum Gasteiger partial charge on any atom is 0.186 e. The number of nitrogens with zero attached hydrogens (tertiary/aromatic N) is 2. The van der Waals surface area contributed by atoms with Gasteiger partial charge in [0.15, 0.2) is 11.5 Å². The summed E-state index contributed by atoms with van der Waals surface area (Å²) in [5.74, 6) is 0.642. The third kappa shape index (κ3) is 3.57. The molecule has 1 atom stereocenters. The summed E-state index contributed by atoms with van der Waals surface area (Å²) in [5, 5.41) is 7.44. The number of hydrogen-bond donors (Lipinski definition) is 1. The van der Waals surface area contributed by atoms with Crippen molar-refractivity contribution < 1.29 is 9.53 Å². The number of methoxy groups -OCH3 is 1. The molecule has 0 fully saturated rings. The molecule has 0 amide bonds. The molecule has 1 aromatic heterocycles. The fourth-order valence-electron chi connectivity index (χ4n) is 1.98. The number of ether oxygens (including phenoxy) is 1. The lowest BCUT2D eigenvalue weighted by Crippen LogP contribution is -2.29. The number of Topliss-reactive ketones (excluding diaryl/α,β-unsaturated/α-hetero) is 1. The molecular weight excluding hydrogens is 230 g/mol. The van der Waals surface area contributed by atoms with Crippen LogP contribution in [0.15, 0.2) is 6.20 Å². The Kier molecular flexibility index (Phi) is 5.85. The number of hydrogen-bond acceptors (Lipinski definition) is 4. The van der Waals surface area contributed by atoms with Gasteiger partial charge in [-0.1, -0.05) is 13.8 Å². The van der Waals surface area contributed by atoms with Crippen molar-refractivity contribution in [3.05, 3.63) is 11.9 Å². The Bertz CT molecular complexity index is 388. The van der Waals surface area contributed by atoms with Crippen molar-refractivity contribution in [3.8, 4) is 5.75 Å². The van der Waals surface area contributed by atoms with Gasteiger partial charge in [0.05, 0.1) is 13.3 Å². The number of carbonyl (C=O) groups is 1. The maximum absolute atomic E-state index is 12.3. The Hall–Kier alpha value is -1.36. The third-order valence-electron chi connectivity index (χ3n) is 2.77. The monoisotopic (exact) mass is 253 g/mol. The number of ketones is 1. The largest absolute Gasteiger partial charge is 0.493 e. The van der Waals surface area contributed by atoms with Crippen LogP contribution in [-0.4, -0.2) is 35.3 Å². The van der Waals surface area contributed by atoms with Crippen molar-refractivity contribution in [1.29, 1.82) is 0 Å². The number of carbonyl (C=O) groups excluding carboxylic acids is 1. The normalized spacial score (nSPS) is 12.4. The summed E-state index contributed by atoms with van der Waals surface area (Å²) in [5.41, 5.74) is 0.587. The molecule has 0 radical (unpaired) electrons. The fraction of sp³-hybridized carbons (Fsp3) is 0.692. The van der Waals surface area contributed by atoms with Crippen LogP contribution in [0.5, 0.6) is 5.75 Å². The summed E-state index contributed by atoms with van der Waals surface area (Å²) >= 11 is 0. The van der Waals surface area contributed by atoms with Gasteiger partial charge in [0.2, 0.25) is 0 Å². The Labute approximate surface area is 109 Å². The summed E-state index contributed by atoms with van der Waals surface area (Å²) in [6, 6.07) is 0.164. The lowest BCUT2D eigenvalue weighted by atomic mass is 10.1. The van der Waals surface area contributed by atoms with Crippen molar-refractivity contribution >= 4 is 5.78 Å². The van der Waals surface area contributed by atoms with Gasteiger partial charge in [-0.3, -0.25) is 9.48 Å². The van der Waals surface area contributed by atoms with Crippen LogP contribution in [0.2, 0.25) is 0 Å². The van der Waals surface area contributed by atoms with E-state index in [9.17, 15) is 4.79 Å². The lowest BCUT2D eigenvalue weighted by Gasteiger charge is -2.12. The van der Waals surface area contributed by atoms with Gasteiger partial charge in [0.1, 0.15) is 5.69 Å². The van der Waals surface area contributed by atoms with E-state index in [-0.39, 0.29) is 11.8 Å². The summed E-state index contributed by atoms with van der Waals surface area (Å²) < 4.78 is 6.95. The molecule has 0 aliphatic heterocycles. The summed E-state index contributed by atoms with van der Waals surface area (Å²) in [6.07, 6.45) is 3.01. The van der Waals surface area contributed by atoms with E-state index in [4.69, 9.17) is 4.74 Å². The van der Waals surface area contributed by atoms with Crippen LogP contribution in [0.3, 0.4) is 0 Å². The first-order valence-electron chi connectivity index (χ1n) is 6.50. The zero-order valence-electron chi connectivity index (χ0n) is 11.7. The highest BCUT2D eigenvalue weighted by molar-refractivity contribution is 5.97. The van der Waals surface area contributed by atoms with Crippen LogP contribution in [0.25, 0.3) is 0 Å². The van der Waals surface area contributed by atoms with Gasteiger partial charge in [-0.2, -0.15) is 5.10 Å². The number of aromatic nitrogens is 2. The quantitative estimate of drug-likeness (QED) is 0.719.